The van der Waals surface area contributed by atoms with E-state index in [4.69, 9.17) is 47.4 Å². The third kappa shape index (κ3) is 9.78. The molecule has 21 atom stereocenters. The van der Waals surface area contributed by atoms with Gasteiger partial charge < -0.3 is 62.7 Å². The Morgan fingerprint density at radius 1 is 0.852 bits per heavy atom. The van der Waals surface area contributed by atoms with Crippen molar-refractivity contribution in [3.63, 3.8) is 0 Å². The lowest BCUT2D eigenvalue weighted by atomic mass is 9.77. The van der Waals surface area contributed by atoms with Crippen LogP contribution >= 0.6 is 0 Å². The van der Waals surface area contributed by atoms with E-state index >= 15 is 0 Å². The van der Waals surface area contributed by atoms with Crippen molar-refractivity contribution < 1.29 is 67.5 Å². The number of ether oxygens (including phenoxy) is 10. The maximum Gasteiger partial charge on any atom is 0.309 e. The molecule has 6 aliphatic heterocycles. The number of carbonyl (C=O) groups is 1. The largest absolute Gasteiger partial charge is 0.481 e. The van der Waals surface area contributed by atoms with E-state index in [9.17, 15) is 20.1 Å². The Labute approximate surface area is 365 Å². The molecule has 6 rings (SSSR count). The predicted octanol–water partition coefficient (Wildman–Crippen LogP) is 6.63. The third-order valence-corrected chi connectivity index (χ3v) is 16.0. The standard InChI is InChI=1S/C47H82O14/c1-13-15-32(43(49)50)40(54-12)30(7)39-29(6)35(53-11)24-46(58-39)20-19-44(9,61-46)42-36(56-37-17-16-33(52-10)31(8)55-37)23-45(60-42,18-14-2)41-27(4)22-34(57-41)38-26(3)21-28(5)47(51,25-48)59-38/h26-42,48,51H,13-25H2,1-12H3,(H,49,50)/t26-,27-,28+,29+,30+,31?,32-,33?,34+,35-,36+,37?,38-,39-,40+,41+,42+,44-,45-,46?,47-/m0/s1. The monoisotopic (exact) mass is 871 g/mol. The van der Waals surface area contributed by atoms with Gasteiger partial charge in [-0.15, -0.1) is 0 Å². The smallest absolute Gasteiger partial charge is 0.309 e. The first-order valence-electron chi connectivity index (χ1n) is 23.7. The molecule has 6 heterocycles. The van der Waals surface area contributed by atoms with Crippen LogP contribution in [-0.4, -0.2) is 139 Å². The Balaban J connectivity index is 1.30. The van der Waals surface area contributed by atoms with Crippen LogP contribution in [0.25, 0.3) is 0 Å². The van der Waals surface area contributed by atoms with Crippen molar-refractivity contribution in [1.82, 2.24) is 0 Å². The molecule has 3 N–H and O–H groups in total. The quantitative estimate of drug-likeness (QED) is 0.142. The van der Waals surface area contributed by atoms with Crippen molar-refractivity contribution >= 4 is 5.97 Å². The average Bonchev–Trinajstić information content (AvgIpc) is 3.90. The molecule has 61 heavy (non-hydrogen) atoms. The molecule has 6 saturated heterocycles. The number of carboxylic acids is 1. The SMILES string of the molecule is CCC[C@H](C(=O)O)[C@H](OC)[C@H](C)[C@H]1OC2(CC[C@@](C)([C@@H]3O[C@](CCC)([C@@H]4O[C@@H]([C@H]5O[C@@](O)(CO)[C@H](C)C[C@@H]5C)C[C@@H]4C)C[C@H]3OC3CCC(OC)C(C)O3)O2)C[C@H](OC)[C@H]1C. The molecule has 0 radical (unpaired) electrons. The van der Waals surface area contributed by atoms with Gasteiger partial charge in [0.15, 0.2) is 17.9 Å². The Bertz CT molecular complexity index is 1440. The van der Waals surface area contributed by atoms with Crippen molar-refractivity contribution in [2.45, 2.75) is 229 Å². The molecular formula is C47H82O14. The van der Waals surface area contributed by atoms with Crippen LogP contribution < -0.4 is 0 Å². The van der Waals surface area contributed by atoms with Crippen LogP contribution in [0, 0.1) is 35.5 Å². The van der Waals surface area contributed by atoms with Crippen LogP contribution in [0.15, 0.2) is 0 Å². The lowest BCUT2D eigenvalue weighted by Gasteiger charge is -2.50. The number of carboxylic acid groups (broad SMARTS) is 1. The van der Waals surface area contributed by atoms with Crippen LogP contribution in [-0.2, 0) is 52.2 Å². The molecule has 14 heteroatoms. The van der Waals surface area contributed by atoms with Gasteiger partial charge in [0.2, 0.25) is 0 Å². The highest BCUT2D eigenvalue weighted by Crippen LogP contribution is 2.56. The number of rotatable bonds is 17. The number of hydrogen-bond acceptors (Lipinski definition) is 13. The summed E-state index contributed by atoms with van der Waals surface area (Å²) in [5.41, 5.74) is -1.57. The molecule has 0 aromatic carbocycles. The molecule has 0 aromatic rings. The molecule has 1 spiro atoms. The summed E-state index contributed by atoms with van der Waals surface area (Å²) >= 11 is 0. The number of methoxy groups -OCH3 is 3. The zero-order valence-electron chi connectivity index (χ0n) is 39.3. The maximum atomic E-state index is 12.5. The second kappa shape index (κ2) is 19.8. The number of aliphatic hydroxyl groups is 2. The fraction of sp³-hybridized carbons (Fsp3) is 0.979. The van der Waals surface area contributed by atoms with Gasteiger partial charge >= 0.3 is 5.97 Å². The summed E-state index contributed by atoms with van der Waals surface area (Å²) in [5, 5.41) is 31.7. The summed E-state index contributed by atoms with van der Waals surface area (Å²) in [7, 11) is 5.04. The van der Waals surface area contributed by atoms with Gasteiger partial charge in [-0.1, -0.05) is 61.3 Å². The molecule has 0 aliphatic carbocycles. The topological polar surface area (TPSA) is 170 Å². The molecule has 0 aromatic heterocycles. The molecule has 354 valence electrons. The zero-order valence-corrected chi connectivity index (χ0v) is 39.3. The van der Waals surface area contributed by atoms with Crippen molar-refractivity contribution in [3.8, 4) is 0 Å². The van der Waals surface area contributed by atoms with Crippen LogP contribution in [0.5, 0.6) is 0 Å². The first kappa shape index (κ1) is 49.4. The van der Waals surface area contributed by atoms with Gasteiger partial charge in [-0.3, -0.25) is 4.79 Å². The van der Waals surface area contributed by atoms with Gasteiger partial charge in [0, 0.05) is 64.8 Å². The van der Waals surface area contributed by atoms with Crippen molar-refractivity contribution in [1.29, 1.82) is 0 Å². The summed E-state index contributed by atoms with van der Waals surface area (Å²) in [5.74, 6) is -4.46. The minimum Gasteiger partial charge on any atom is -0.481 e. The minimum absolute atomic E-state index is 0.00823. The second-order valence-corrected chi connectivity index (χ2v) is 20.4. The van der Waals surface area contributed by atoms with E-state index in [-0.39, 0.29) is 66.2 Å². The van der Waals surface area contributed by atoms with E-state index in [0.717, 1.165) is 32.1 Å². The van der Waals surface area contributed by atoms with Gasteiger partial charge in [0.1, 0.15) is 6.10 Å². The van der Waals surface area contributed by atoms with Gasteiger partial charge in [-0.2, -0.15) is 0 Å². The molecule has 4 unspecified atom stereocenters. The van der Waals surface area contributed by atoms with E-state index in [0.29, 0.717) is 44.9 Å². The lowest BCUT2D eigenvalue weighted by molar-refractivity contribution is -0.342. The summed E-state index contributed by atoms with van der Waals surface area (Å²) in [4.78, 5) is 12.5. The van der Waals surface area contributed by atoms with E-state index in [2.05, 4.69) is 34.6 Å². The Kier molecular flexibility index (Phi) is 16.1. The van der Waals surface area contributed by atoms with Crippen molar-refractivity contribution in [2.24, 2.45) is 35.5 Å². The first-order valence-corrected chi connectivity index (χ1v) is 23.7. The molecule has 6 fully saturated rings. The highest BCUT2D eigenvalue weighted by Gasteiger charge is 2.65. The van der Waals surface area contributed by atoms with E-state index in [1.54, 1.807) is 21.3 Å². The number of hydrogen-bond donors (Lipinski definition) is 3. The Morgan fingerprint density at radius 2 is 1.57 bits per heavy atom. The fourth-order valence-electron chi connectivity index (χ4n) is 12.7. The van der Waals surface area contributed by atoms with Crippen LogP contribution in [0.3, 0.4) is 0 Å². The van der Waals surface area contributed by atoms with Crippen molar-refractivity contribution in [2.75, 3.05) is 27.9 Å². The number of aliphatic carboxylic acids is 1. The van der Waals surface area contributed by atoms with E-state index in [1.165, 1.54) is 0 Å². The Hall–Kier alpha value is -1.01. The van der Waals surface area contributed by atoms with Gasteiger partial charge in [0.25, 0.3) is 0 Å². The highest BCUT2D eigenvalue weighted by atomic mass is 16.7. The summed E-state index contributed by atoms with van der Waals surface area (Å²) in [6.45, 7) is 18.3. The maximum absolute atomic E-state index is 12.5. The second-order valence-electron chi connectivity index (χ2n) is 20.4. The predicted molar refractivity (Wildman–Crippen MR) is 226 cm³/mol. The fourth-order valence-corrected chi connectivity index (χ4v) is 12.7. The molecule has 14 nitrogen and oxygen atoms in total. The van der Waals surface area contributed by atoms with Crippen LogP contribution in [0.4, 0.5) is 0 Å². The van der Waals surface area contributed by atoms with Gasteiger partial charge in [-0.25, -0.2) is 0 Å². The van der Waals surface area contributed by atoms with Crippen LogP contribution in [0.1, 0.15) is 139 Å². The zero-order chi connectivity index (χ0) is 44.7. The third-order valence-electron chi connectivity index (χ3n) is 16.0. The van der Waals surface area contributed by atoms with Gasteiger partial charge in [0.05, 0.1) is 78.7 Å². The van der Waals surface area contributed by atoms with E-state index in [1.807, 2.05) is 27.7 Å². The van der Waals surface area contributed by atoms with Crippen molar-refractivity contribution in [3.05, 3.63) is 0 Å². The van der Waals surface area contributed by atoms with E-state index < -0.39 is 72.0 Å². The molecule has 6 aliphatic rings. The lowest BCUT2D eigenvalue weighted by Crippen LogP contribution is -2.58. The summed E-state index contributed by atoms with van der Waals surface area (Å²) in [6, 6.07) is 0. The molecule has 0 bridgehead atoms. The Morgan fingerprint density at radius 3 is 2.18 bits per heavy atom. The molecule has 0 amide bonds. The summed E-state index contributed by atoms with van der Waals surface area (Å²) < 4.78 is 66.9. The normalized spacial score (nSPS) is 48.4. The minimum atomic E-state index is -1.62. The van der Waals surface area contributed by atoms with Crippen LogP contribution in [0.2, 0.25) is 0 Å². The highest BCUT2D eigenvalue weighted by molar-refractivity contribution is 5.70. The number of aliphatic hydroxyl groups excluding tert-OH is 1. The molecule has 0 saturated carbocycles. The van der Waals surface area contributed by atoms with Gasteiger partial charge in [-0.05, 0) is 64.2 Å². The molecular weight excluding hydrogens is 789 g/mol. The first-order chi connectivity index (χ1) is 28.9. The average molecular weight is 871 g/mol. The summed E-state index contributed by atoms with van der Waals surface area (Å²) in [6.07, 6.45) is 4.44.